The molecule has 0 aliphatic carbocycles. The van der Waals surface area contributed by atoms with Gasteiger partial charge in [-0.15, -0.1) is 0 Å². The minimum absolute atomic E-state index is 0.0574. The predicted molar refractivity (Wildman–Crippen MR) is 68.9 cm³/mol. The van der Waals surface area contributed by atoms with Gasteiger partial charge in [-0.25, -0.2) is 13.6 Å². The molecule has 0 aliphatic rings. The quantitative estimate of drug-likeness (QED) is 0.836. The van der Waals surface area contributed by atoms with Gasteiger partial charge < -0.3 is 15.3 Å². The largest absolute Gasteiger partial charge is 0.395 e. The predicted octanol–water partition coefficient (Wildman–Crippen LogP) is 2.59. The number of carbonyl (C=O) groups excluding carboxylic acids is 1. The summed E-state index contributed by atoms with van der Waals surface area (Å²) in [6.45, 7) is 2.50. The van der Waals surface area contributed by atoms with Crippen LogP contribution in [0, 0.1) is 11.6 Å². The third-order valence-electron chi connectivity index (χ3n) is 2.55. The number of hydrogen-bond acceptors (Lipinski definition) is 2. The van der Waals surface area contributed by atoms with E-state index in [4.69, 9.17) is 5.11 Å². The van der Waals surface area contributed by atoms with E-state index in [1.807, 2.05) is 6.92 Å². The number of nitrogens with zero attached hydrogens (tertiary/aromatic N) is 1. The molecule has 0 atom stereocenters. The zero-order valence-corrected chi connectivity index (χ0v) is 10.8. The molecule has 0 heterocycles. The van der Waals surface area contributed by atoms with Crippen molar-refractivity contribution in [2.45, 2.75) is 19.8 Å². The van der Waals surface area contributed by atoms with Gasteiger partial charge in [-0.05, 0) is 18.6 Å². The second kappa shape index (κ2) is 7.68. The molecular formula is C13H18F2N2O2. The summed E-state index contributed by atoms with van der Waals surface area (Å²) >= 11 is 0. The van der Waals surface area contributed by atoms with E-state index in [9.17, 15) is 13.6 Å². The Morgan fingerprint density at radius 3 is 2.42 bits per heavy atom. The molecule has 0 unspecified atom stereocenters. The third kappa shape index (κ3) is 5.21. The Balaban J connectivity index is 2.69. The first-order chi connectivity index (χ1) is 9.06. The molecule has 2 N–H and O–H groups in total. The number of urea groups is 1. The molecule has 4 nitrogen and oxygen atoms in total. The van der Waals surface area contributed by atoms with Crippen LogP contribution in [-0.4, -0.2) is 35.7 Å². The summed E-state index contributed by atoms with van der Waals surface area (Å²) in [5, 5.41) is 11.3. The molecule has 0 aliphatic heterocycles. The third-order valence-corrected chi connectivity index (χ3v) is 2.55. The van der Waals surface area contributed by atoms with Gasteiger partial charge in [0.25, 0.3) is 0 Å². The number of halogens is 2. The maximum absolute atomic E-state index is 13.0. The minimum atomic E-state index is -0.752. The van der Waals surface area contributed by atoms with E-state index in [0.29, 0.717) is 6.54 Å². The van der Waals surface area contributed by atoms with Crippen LogP contribution in [0.3, 0.4) is 0 Å². The lowest BCUT2D eigenvalue weighted by molar-refractivity contribution is 0.187. The molecule has 2 amide bonds. The molecule has 0 fully saturated rings. The van der Waals surface area contributed by atoms with Crippen molar-refractivity contribution in [1.29, 1.82) is 0 Å². The lowest BCUT2D eigenvalue weighted by Gasteiger charge is -2.22. The highest BCUT2D eigenvalue weighted by atomic mass is 19.1. The Bertz CT molecular complexity index is 407. The fraction of sp³-hybridized carbons (Fsp3) is 0.462. The summed E-state index contributed by atoms with van der Waals surface area (Å²) in [7, 11) is 0. The zero-order valence-electron chi connectivity index (χ0n) is 10.8. The van der Waals surface area contributed by atoms with Gasteiger partial charge in [-0.3, -0.25) is 0 Å². The van der Waals surface area contributed by atoms with E-state index in [-0.39, 0.29) is 18.8 Å². The van der Waals surface area contributed by atoms with Gasteiger partial charge in [0.15, 0.2) is 0 Å². The summed E-state index contributed by atoms with van der Waals surface area (Å²) in [6.07, 6.45) is 1.70. The molecule has 106 valence electrons. The average Bonchev–Trinajstić information content (AvgIpc) is 2.33. The number of rotatable bonds is 6. The van der Waals surface area contributed by atoms with Gasteiger partial charge >= 0.3 is 6.03 Å². The summed E-state index contributed by atoms with van der Waals surface area (Å²) < 4.78 is 26.0. The lowest BCUT2D eigenvalue weighted by atomic mass is 10.3. The molecule has 0 radical (unpaired) electrons. The second-order valence-corrected chi connectivity index (χ2v) is 4.15. The number of benzene rings is 1. The van der Waals surface area contributed by atoms with E-state index < -0.39 is 17.7 Å². The smallest absolute Gasteiger partial charge is 0.321 e. The molecule has 1 aromatic carbocycles. The molecular weight excluding hydrogens is 254 g/mol. The van der Waals surface area contributed by atoms with Crippen molar-refractivity contribution in [3.05, 3.63) is 29.8 Å². The first kappa shape index (κ1) is 15.4. The van der Waals surface area contributed by atoms with Crippen LogP contribution in [0.5, 0.6) is 0 Å². The fourth-order valence-corrected chi connectivity index (χ4v) is 1.61. The van der Waals surface area contributed by atoms with Crippen molar-refractivity contribution in [2.75, 3.05) is 25.0 Å². The number of nitrogens with one attached hydrogen (secondary N) is 1. The van der Waals surface area contributed by atoms with E-state index in [1.165, 1.54) is 4.90 Å². The van der Waals surface area contributed by atoms with Crippen LogP contribution < -0.4 is 5.32 Å². The average molecular weight is 272 g/mol. The molecule has 0 bridgehead atoms. The minimum Gasteiger partial charge on any atom is -0.395 e. The number of carbonyl (C=O) groups is 1. The van der Waals surface area contributed by atoms with Gasteiger partial charge in [0, 0.05) is 24.8 Å². The van der Waals surface area contributed by atoms with Gasteiger partial charge in [0.05, 0.1) is 6.61 Å². The van der Waals surface area contributed by atoms with Crippen LogP contribution >= 0.6 is 0 Å². The second-order valence-electron chi connectivity index (χ2n) is 4.15. The van der Waals surface area contributed by atoms with Crippen LogP contribution in [0.15, 0.2) is 18.2 Å². The van der Waals surface area contributed by atoms with E-state index in [2.05, 4.69) is 5.32 Å². The molecule has 6 heteroatoms. The summed E-state index contributed by atoms with van der Waals surface area (Å²) in [5.41, 5.74) is 0.0574. The van der Waals surface area contributed by atoms with Crippen LogP contribution in [0.25, 0.3) is 0 Å². The maximum Gasteiger partial charge on any atom is 0.321 e. The highest BCUT2D eigenvalue weighted by Crippen LogP contribution is 2.13. The Kier molecular flexibility index (Phi) is 6.21. The van der Waals surface area contributed by atoms with E-state index >= 15 is 0 Å². The van der Waals surface area contributed by atoms with Crippen molar-refractivity contribution in [3.8, 4) is 0 Å². The van der Waals surface area contributed by atoms with Crippen LogP contribution in [0.4, 0.5) is 19.3 Å². The van der Waals surface area contributed by atoms with Crippen molar-refractivity contribution < 1.29 is 18.7 Å². The maximum atomic E-state index is 13.0. The Hall–Kier alpha value is -1.69. The molecule has 1 aromatic rings. The zero-order chi connectivity index (χ0) is 14.3. The molecule has 0 saturated heterocycles. The number of amides is 2. The standard InChI is InChI=1S/C13H18F2N2O2/c1-2-3-4-17(5-6-18)13(19)16-12-8-10(14)7-11(15)9-12/h7-9,18H,2-6H2,1H3,(H,16,19). The number of unbranched alkanes of at least 4 members (excludes halogenated alkanes) is 1. The first-order valence-corrected chi connectivity index (χ1v) is 6.19. The Morgan fingerprint density at radius 1 is 1.26 bits per heavy atom. The highest BCUT2D eigenvalue weighted by Gasteiger charge is 2.13. The molecule has 0 saturated carbocycles. The van der Waals surface area contributed by atoms with Gasteiger partial charge in [0.1, 0.15) is 11.6 Å². The number of anilines is 1. The molecule has 19 heavy (non-hydrogen) atoms. The fourth-order valence-electron chi connectivity index (χ4n) is 1.61. The van der Waals surface area contributed by atoms with Gasteiger partial charge in [0.2, 0.25) is 0 Å². The van der Waals surface area contributed by atoms with Crippen LogP contribution in [0.1, 0.15) is 19.8 Å². The summed E-state index contributed by atoms with van der Waals surface area (Å²) in [6, 6.07) is 2.33. The van der Waals surface area contributed by atoms with Crippen LogP contribution in [0.2, 0.25) is 0 Å². The van der Waals surface area contributed by atoms with E-state index in [0.717, 1.165) is 31.0 Å². The van der Waals surface area contributed by atoms with Crippen molar-refractivity contribution in [3.63, 3.8) is 0 Å². The topological polar surface area (TPSA) is 52.6 Å². The lowest BCUT2D eigenvalue weighted by Crippen LogP contribution is -2.37. The van der Waals surface area contributed by atoms with Crippen molar-refractivity contribution >= 4 is 11.7 Å². The SMILES string of the molecule is CCCCN(CCO)C(=O)Nc1cc(F)cc(F)c1. The summed E-state index contributed by atoms with van der Waals surface area (Å²) in [4.78, 5) is 13.3. The Labute approximate surface area is 111 Å². The van der Waals surface area contributed by atoms with Crippen LogP contribution in [-0.2, 0) is 0 Å². The Morgan fingerprint density at radius 2 is 1.89 bits per heavy atom. The van der Waals surface area contributed by atoms with E-state index in [1.54, 1.807) is 0 Å². The molecule has 1 rings (SSSR count). The van der Waals surface area contributed by atoms with Gasteiger partial charge in [-0.2, -0.15) is 0 Å². The molecule has 0 aromatic heterocycles. The van der Waals surface area contributed by atoms with Crippen molar-refractivity contribution in [2.24, 2.45) is 0 Å². The van der Waals surface area contributed by atoms with Gasteiger partial charge in [-0.1, -0.05) is 13.3 Å². The monoisotopic (exact) mass is 272 g/mol. The number of hydrogen-bond donors (Lipinski definition) is 2. The number of aliphatic hydroxyl groups excluding tert-OH is 1. The number of aliphatic hydroxyl groups is 1. The normalized spacial score (nSPS) is 10.3. The van der Waals surface area contributed by atoms with Crippen molar-refractivity contribution in [1.82, 2.24) is 4.90 Å². The molecule has 0 spiro atoms. The highest BCUT2D eigenvalue weighted by molar-refractivity contribution is 5.89. The summed E-state index contributed by atoms with van der Waals surface area (Å²) in [5.74, 6) is -1.50. The first-order valence-electron chi connectivity index (χ1n) is 6.19.